The lowest BCUT2D eigenvalue weighted by molar-refractivity contribution is 0.414. The van der Waals surface area contributed by atoms with Crippen LogP contribution in [0.4, 0.5) is 0 Å². The van der Waals surface area contributed by atoms with Crippen LogP contribution in [0.5, 0.6) is 5.75 Å². The molecule has 0 amide bonds. The van der Waals surface area contributed by atoms with Gasteiger partial charge in [0, 0.05) is 12.1 Å². The molecule has 1 unspecified atom stereocenters. The van der Waals surface area contributed by atoms with Crippen molar-refractivity contribution in [3.8, 4) is 5.75 Å². The molecule has 1 rings (SSSR count). The quantitative estimate of drug-likeness (QED) is 0.746. The standard InChI is InChI=1S/C13H19NO/c1-5-10(2)14-11(3)12-6-8-13(15-4)9-7-12/h5-11,14H,1H2,2-4H3/t10?,11-/m0/s1. The number of methoxy groups -OCH3 is 1. The molecular formula is C13H19NO. The molecule has 0 aliphatic carbocycles. The topological polar surface area (TPSA) is 21.3 Å². The third kappa shape index (κ3) is 3.40. The smallest absolute Gasteiger partial charge is 0.118 e. The zero-order valence-corrected chi connectivity index (χ0v) is 9.66. The summed E-state index contributed by atoms with van der Waals surface area (Å²) in [6.07, 6.45) is 1.90. The van der Waals surface area contributed by atoms with E-state index in [0.29, 0.717) is 12.1 Å². The van der Waals surface area contributed by atoms with Crippen molar-refractivity contribution in [2.75, 3.05) is 7.11 Å². The Kier molecular flexibility index (Phi) is 4.37. The predicted molar refractivity (Wildman–Crippen MR) is 64.2 cm³/mol. The van der Waals surface area contributed by atoms with Crippen molar-refractivity contribution in [2.45, 2.75) is 25.9 Å². The summed E-state index contributed by atoms with van der Waals surface area (Å²) < 4.78 is 5.11. The molecule has 2 nitrogen and oxygen atoms in total. The molecule has 1 N–H and O–H groups in total. The first-order chi connectivity index (χ1) is 7.17. The van der Waals surface area contributed by atoms with Crippen molar-refractivity contribution >= 4 is 0 Å². The van der Waals surface area contributed by atoms with Gasteiger partial charge in [-0.25, -0.2) is 0 Å². The van der Waals surface area contributed by atoms with Gasteiger partial charge in [-0.3, -0.25) is 0 Å². The summed E-state index contributed by atoms with van der Waals surface area (Å²) >= 11 is 0. The Bertz CT molecular complexity index is 305. The highest BCUT2D eigenvalue weighted by Gasteiger charge is 2.06. The maximum Gasteiger partial charge on any atom is 0.118 e. The normalized spacial score (nSPS) is 14.3. The summed E-state index contributed by atoms with van der Waals surface area (Å²) in [5.41, 5.74) is 1.25. The molecular weight excluding hydrogens is 186 g/mol. The van der Waals surface area contributed by atoms with Crippen LogP contribution in [-0.4, -0.2) is 13.2 Å². The highest BCUT2D eigenvalue weighted by Crippen LogP contribution is 2.17. The Morgan fingerprint density at radius 1 is 1.27 bits per heavy atom. The second-order valence-corrected chi connectivity index (χ2v) is 3.69. The molecule has 0 saturated heterocycles. The molecule has 0 bridgehead atoms. The highest BCUT2D eigenvalue weighted by atomic mass is 16.5. The van der Waals surface area contributed by atoms with Gasteiger partial charge in [-0.2, -0.15) is 0 Å². The van der Waals surface area contributed by atoms with Gasteiger partial charge in [0.05, 0.1) is 7.11 Å². The van der Waals surface area contributed by atoms with E-state index in [4.69, 9.17) is 4.74 Å². The Hall–Kier alpha value is -1.28. The highest BCUT2D eigenvalue weighted by molar-refractivity contribution is 5.28. The van der Waals surface area contributed by atoms with Gasteiger partial charge in [0.1, 0.15) is 5.75 Å². The van der Waals surface area contributed by atoms with Crippen LogP contribution in [0.2, 0.25) is 0 Å². The van der Waals surface area contributed by atoms with Gasteiger partial charge in [0.2, 0.25) is 0 Å². The lowest BCUT2D eigenvalue weighted by Crippen LogP contribution is -2.26. The van der Waals surface area contributed by atoms with Gasteiger partial charge in [0.15, 0.2) is 0 Å². The molecule has 0 aliphatic rings. The molecule has 2 atom stereocenters. The molecule has 2 heteroatoms. The zero-order chi connectivity index (χ0) is 11.3. The molecule has 0 aliphatic heterocycles. The monoisotopic (exact) mass is 205 g/mol. The summed E-state index contributed by atoms with van der Waals surface area (Å²) in [7, 11) is 1.68. The molecule has 82 valence electrons. The van der Waals surface area contributed by atoms with Gasteiger partial charge in [-0.15, -0.1) is 6.58 Å². The largest absolute Gasteiger partial charge is 0.497 e. The molecule has 0 fully saturated rings. The van der Waals surface area contributed by atoms with Crippen LogP contribution < -0.4 is 10.1 Å². The Labute approximate surface area is 92.0 Å². The number of hydrogen-bond donors (Lipinski definition) is 1. The molecule has 0 spiro atoms. The van der Waals surface area contributed by atoms with E-state index in [2.05, 4.69) is 37.9 Å². The molecule has 1 aromatic rings. The maximum absolute atomic E-state index is 5.11. The number of hydrogen-bond acceptors (Lipinski definition) is 2. The van der Waals surface area contributed by atoms with E-state index in [0.717, 1.165) is 5.75 Å². The summed E-state index contributed by atoms with van der Waals surface area (Å²) in [4.78, 5) is 0. The third-order valence-corrected chi connectivity index (χ3v) is 2.48. The van der Waals surface area contributed by atoms with E-state index in [1.807, 2.05) is 18.2 Å². The minimum absolute atomic E-state index is 0.321. The number of nitrogens with one attached hydrogen (secondary N) is 1. The fourth-order valence-corrected chi connectivity index (χ4v) is 1.45. The summed E-state index contributed by atoms with van der Waals surface area (Å²) in [6.45, 7) is 7.98. The summed E-state index contributed by atoms with van der Waals surface area (Å²) in [5.74, 6) is 0.891. The van der Waals surface area contributed by atoms with Crippen molar-refractivity contribution in [3.63, 3.8) is 0 Å². The lowest BCUT2D eigenvalue weighted by Gasteiger charge is -2.17. The molecule has 0 aromatic heterocycles. The molecule has 15 heavy (non-hydrogen) atoms. The van der Waals surface area contributed by atoms with Crippen molar-refractivity contribution in [1.82, 2.24) is 5.32 Å². The number of ether oxygens (including phenoxy) is 1. The van der Waals surface area contributed by atoms with Gasteiger partial charge < -0.3 is 10.1 Å². The maximum atomic E-state index is 5.11. The summed E-state index contributed by atoms with van der Waals surface area (Å²) in [5, 5.41) is 3.42. The van der Waals surface area contributed by atoms with E-state index < -0.39 is 0 Å². The van der Waals surface area contributed by atoms with E-state index in [-0.39, 0.29) is 0 Å². The first-order valence-corrected chi connectivity index (χ1v) is 5.20. The van der Waals surface area contributed by atoms with E-state index in [1.165, 1.54) is 5.56 Å². The third-order valence-electron chi connectivity index (χ3n) is 2.48. The van der Waals surface area contributed by atoms with Crippen molar-refractivity contribution in [3.05, 3.63) is 42.5 Å². The molecule has 0 saturated carbocycles. The van der Waals surface area contributed by atoms with Crippen LogP contribution in [-0.2, 0) is 0 Å². The van der Waals surface area contributed by atoms with Gasteiger partial charge in [-0.1, -0.05) is 18.2 Å². The van der Waals surface area contributed by atoms with Gasteiger partial charge >= 0.3 is 0 Å². The second-order valence-electron chi connectivity index (χ2n) is 3.69. The van der Waals surface area contributed by atoms with Crippen LogP contribution >= 0.6 is 0 Å². The average molecular weight is 205 g/mol. The van der Waals surface area contributed by atoms with Crippen molar-refractivity contribution < 1.29 is 4.74 Å². The Balaban J connectivity index is 2.65. The van der Waals surface area contributed by atoms with Crippen LogP contribution in [0.15, 0.2) is 36.9 Å². The first kappa shape index (κ1) is 11.8. The molecule has 0 heterocycles. The SMILES string of the molecule is C=CC(C)N[C@@H](C)c1ccc(OC)cc1. The van der Waals surface area contributed by atoms with Gasteiger partial charge in [0.25, 0.3) is 0 Å². The van der Waals surface area contributed by atoms with Crippen LogP contribution in [0.25, 0.3) is 0 Å². The minimum Gasteiger partial charge on any atom is -0.497 e. The number of rotatable bonds is 5. The fraction of sp³-hybridized carbons (Fsp3) is 0.385. The Morgan fingerprint density at radius 3 is 2.33 bits per heavy atom. The first-order valence-electron chi connectivity index (χ1n) is 5.20. The Morgan fingerprint density at radius 2 is 1.87 bits per heavy atom. The predicted octanol–water partition coefficient (Wildman–Crippen LogP) is 2.92. The van der Waals surface area contributed by atoms with Crippen molar-refractivity contribution in [1.29, 1.82) is 0 Å². The minimum atomic E-state index is 0.321. The lowest BCUT2D eigenvalue weighted by atomic mass is 10.1. The average Bonchev–Trinajstić information content (AvgIpc) is 2.29. The van der Waals surface area contributed by atoms with Crippen LogP contribution in [0.3, 0.4) is 0 Å². The summed E-state index contributed by atoms with van der Waals surface area (Å²) in [6, 6.07) is 8.75. The fourth-order valence-electron chi connectivity index (χ4n) is 1.45. The molecule has 1 aromatic carbocycles. The van der Waals surface area contributed by atoms with Crippen LogP contribution in [0.1, 0.15) is 25.5 Å². The van der Waals surface area contributed by atoms with Gasteiger partial charge in [-0.05, 0) is 31.5 Å². The number of benzene rings is 1. The molecule has 0 radical (unpaired) electrons. The van der Waals surface area contributed by atoms with E-state index >= 15 is 0 Å². The second kappa shape index (κ2) is 5.56. The van der Waals surface area contributed by atoms with E-state index in [9.17, 15) is 0 Å². The van der Waals surface area contributed by atoms with Crippen LogP contribution in [0, 0.1) is 0 Å². The zero-order valence-electron chi connectivity index (χ0n) is 9.66. The van der Waals surface area contributed by atoms with Crippen molar-refractivity contribution in [2.24, 2.45) is 0 Å². The van der Waals surface area contributed by atoms with E-state index in [1.54, 1.807) is 7.11 Å².